The number of hydrogen-bond acceptors (Lipinski definition) is 3. The fourth-order valence-electron chi connectivity index (χ4n) is 1.08. The Bertz CT molecular complexity index is 561. The van der Waals surface area contributed by atoms with Crippen LogP contribution in [0.25, 0.3) is 0 Å². The lowest BCUT2D eigenvalue weighted by Crippen LogP contribution is -2.19. The van der Waals surface area contributed by atoms with Gasteiger partial charge in [-0.3, -0.25) is 14.9 Å². The molecule has 1 amide bonds. The molecule has 0 aromatic heterocycles. The summed E-state index contributed by atoms with van der Waals surface area (Å²) in [7, 11) is 0. The summed E-state index contributed by atoms with van der Waals surface area (Å²) in [5, 5.41) is 12.7. The van der Waals surface area contributed by atoms with E-state index in [0.717, 1.165) is 0 Å². The molecule has 5 nitrogen and oxygen atoms in total. The molecule has 0 atom stereocenters. The highest BCUT2D eigenvalue weighted by atomic mass is 19.1. The van der Waals surface area contributed by atoms with Gasteiger partial charge in [-0.05, 0) is 6.07 Å². The predicted octanol–water partition coefficient (Wildman–Crippen LogP) is 1.36. The third kappa shape index (κ3) is 3.52. The molecule has 18 heavy (non-hydrogen) atoms. The average Bonchev–Trinajstić information content (AvgIpc) is 2.27. The number of carbonyl (C=O) groups excluding carboxylic acids is 1. The molecule has 1 aromatic carbocycles. The number of rotatable bonds is 2. The van der Waals surface area contributed by atoms with Gasteiger partial charge in [-0.25, -0.2) is 4.39 Å². The Hall–Kier alpha value is -2.49. The van der Waals surface area contributed by atoms with Gasteiger partial charge < -0.3 is 5.32 Å². The van der Waals surface area contributed by atoms with E-state index in [4.69, 9.17) is 0 Å². The molecule has 0 aliphatic rings. The second-order valence-corrected chi connectivity index (χ2v) is 3.25. The molecular formula is C11H8F2N2O3. The third-order valence-electron chi connectivity index (χ3n) is 1.88. The Morgan fingerprint density at radius 1 is 1.44 bits per heavy atom. The molecule has 0 spiro atoms. The molecule has 1 N–H and O–H groups in total. The van der Waals surface area contributed by atoms with Crippen LogP contribution in [0.5, 0.6) is 0 Å². The van der Waals surface area contributed by atoms with Crippen LogP contribution >= 0.6 is 0 Å². The van der Waals surface area contributed by atoms with Crippen LogP contribution in [0.2, 0.25) is 0 Å². The summed E-state index contributed by atoms with van der Waals surface area (Å²) in [5.74, 6) is 2.21. The van der Waals surface area contributed by atoms with Crippen LogP contribution in [0, 0.1) is 33.6 Å². The number of nitrogens with one attached hydrogen (secondary N) is 1. The molecule has 0 heterocycles. The number of halogens is 2. The maximum absolute atomic E-state index is 13.3. The van der Waals surface area contributed by atoms with Crippen molar-refractivity contribution in [3.63, 3.8) is 0 Å². The number of benzene rings is 1. The van der Waals surface area contributed by atoms with Crippen molar-refractivity contribution >= 4 is 11.6 Å². The Morgan fingerprint density at radius 2 is 2.11 bits per heavy atom. The second kappa shape index (κ2) is 5.72. The molecule has 0 fully saturated rings. The smallest absolute Gasteiger partial charge is 0.307 e. The molecule has 0 aliphatic heterocycles. The first-order valence-electron chi connectivity index (χ1n) is 4.78. The van der Waals surface area contributed by atoms with Crippen LogP contribution in [0.4, 0.5) is 14.5 Å². The maximum atomic E-state index is 13.3. The molecule has 0 bridgehead atoms. The largest absolute Gasteiger partial charge is 0.345 e. The van der Waals surface area contributed by atoms with Crippen molar-refractivity contribution in [1.82, 2.24) is 5.32 Å². The minimum atomic E-state index is -1.16. The average molecular weight is 254 g/mol. The van der Waals surface area contributed by atoms with E-state index in [2.05, 4.69) is 17.2 Å². The fraction of sp³-hybridized carbons (Fsp3) is 0.182. The van der Waals surface area contributed by atoms with Crippen LogP contribution in [0.3, 0.4) is 0 Å². The number of nitrogens with zero attached hydrogens (tertiary/aromatic N) is 1. The predicted molar refractivity (Wildman–Crippen MR) is 58.6 cm³/mol. The van der Waals surface area contributed by atoms with E-state index < -0.39 is 22.2 Å². The monoisotopic (exact) mass is 254 g/mol. The van der Waals surface area contributed by atoms with Crippen molar-refractivity contribution in [2.75, 3.05) is 6.54 Å². The lowest BCUT2D eigenvalue weighted by molar-refractivity contribution is -0.387. The van der Waals surface area contributed by atoms with Gasteiger partial charge in [0.15, 0.2) is 0 Å². The van der Waals surface area contributed by atoms with Crippen molar-refractivity contribution in [2.24, 2.45) is 0 Å². The SMILES string of the molecule is CC(=O)NCC#Cc1cc(F)c([N+](=O)[O-])cc1F. The van der Waals surface area contributed by atoms with Crippen molar-refractivity contribution in [2.45, 2.75) is 6.92 Å². The van der Waals surface area contributed by atoms with E-state index in [-0.39, 0.29) is 18.0 Å². The molecule has 0 aliphatic carbocycles. The van der Waals surface area contributed by atoms with Crippen LogP contribution in [-0.4, -0.2) is 17.4 Å². The van der Waals surface area contributed by atoms with Gasteiger partial charge >= 0.3 is 5.69 Å². The Morgan fingerprint density at radius 3 is 2.67 bits per heavy atom. The van der Waals surface area contributed by atoms with Crippen LogP contribution < -0.4 is 5.32 Å². The van der Waals surface area contributed by atoms with Gasteiger partial charge in [-0.2, -0.15) is 4.39 Å². The van der Waals surface area contributed by atoms with E-state index in [1.54, 1.807) is 0 Å². The first-order valence-corrected chi connectivity index (χ1v) is 4.78. The fourth-order valence-corrected chi connectivity index (χ4v) is 1.08. The minimum Gasteiger partial charge on any atom is -0.345 e. The molecule has 0 saturated carbocycles. The topological polar surface area (TPSA) is 72.2 Å². The third-order valence-corrected chi connectivity index (χ3v) is 1.88. The van der Waals surface area contributed by atoms with E-state index in [1.807, 2.05) is 0 Å². The Balaban J connectivity index is 2.94. The zero-order chi connectivity index (χ0) is 13.7. The number of amides is 1. The van der Waals surface area contributed by atoms with Crippen LogP contribution in [0.15, 0.2) is 12.1 Å². The Labute approximate surface area is 101 Å². The lowest BCUT2D eigenvalue weighted by atomic mass is 10.2. The molecule has 0 radical (unpaired) electrons. The van der Waals surface area contributed by atoms with Gasteiger partial charge in [-0.1, -0.05) is 11.8 Å². The number of nitro benzene ring substituents is 1. The molecule has 7 heteroatoms. The normalized spacial score (nSPS) is 9.28. The molecule has 0 unspecified atom stereocenters. The molecular weight excluding hydrogens is 246 g/mol. The van der Waals surface area contributed by atoms with Crippen LogP contribution in [0.1, 0.15) is 12.5 Å². The van der Waals surface area contributed by atoms with Gasteiger partial charge in [-0.15, -0.1) is 0 Å². The Kier molecular flexibility index (Phi) is 4.32. The van der Waals surface area contributed by atoms with Crippen molar-refractivity contribution in [3.05, 3.63) is 39.4 Å². The standard InChI is InChI=1S/C11H8F2N2O3/c1-7(16)14-4-2-3-8-5-10(13)11(15(17)18)6-9(8)12/h5-6H,4H2,1H3,(H,14,16). The van der Waals surface area contributed by atoms with E-state index >= 15 is 0 Å². The first-order chi connectivity index (χ1) is 8.41. The summed E-state index contributed by atoms with van der Waals surface area (Å²) < 4.78 is 26.5. The second-order valence-electron chi connectivity index (χ2n) is 3.25. The number of hydrogen-bond donors (Lipinski definition) is 1. The zero-order valence-corrected chi connectivity index (χ0v) is 9.29. The first kappa shape index (κ1) is 13.6. The number of nitro groups is 1. The summed E-state index contributed by atoms with van der Waals surface area (Å²) in [6.07, 6.45) is 0. The highest BCUT2D eigenvalue weighted by molar-refractivity contribution is 5.73. The maximum Gasteiger partial charge on any atom is 0.307 e. The van der Waals surface area contributed by atoms with E-state index in [1.165, 1.54) is 6.92 Å². The van der Waals surface area contributed by atoms with Crippen LogP contribution in [-0.2, 0) is 4.79 Å². The van der Waals surface area contributed by atoms with E-state index in [0.29, 0.717) is 12.1 Å². The minimum absolute atomic E-state index is 0.0205. The zero-order valence-electron chi connectivity index (χ0n) is 9.29. The molecule has 94 valence electrons. The molecule has 1 rings (SSSR count). The van der Waals surface area contributed by atoms with Gasteiger partial charge in [0.25, 0.3) is 0 Å². The highest BCUT2D eigenvalue weighted by Crippen LogP contribution is 2.20. The summed E-state index contributed by atoms with van der Waals surface area (Å²) in [6.45, 7) is 1.27. The van der Waals surface area contributed by atoms with Gasteiger partial charge in [0.1, 0.15) is 5.82 Å². The molecule has 1 aromatic rings. The highest BCUT2D eigenvalue weighted by Gasteiger charge is 2.17. The van der Waals surface area contributed by atoms with Gasteiger partial charge in [0.2, 0.25) is 11.7 Å². The quantitative estimate of drug-likeness (QED) is 0.492. The lowest BCUT2D eigenvalue weighted by Gasteiger charge is -1.97. The summed E-state index contributed by atoms with van der Waals surface area (Å²) in [6, 6.07) is 1.12. The van der Waals surface area contributed by atoms with Gasteiger partial charge in [0, 0.05) is 6.92 Å². The van der Waals surface area contributed by atoms with Gasteiger partial charge in [0.05, 0.1) is 23.1 Å². The van der Waals surface area contributed by atoms with Crippen molar-refractivity contribution < 1.29 is 18.5 Å². The summed E-state index contributed by atoms with van der Waals surface area (Å²) >= 11 is 0. The van der Waals surface area contributed by atoms with E-state index in [9.17, 15) is 23.7 Å². The van der Waals surface area contributed by atoms with Crippen molar-refractivity contribution in [3.8, 4) is 11.8 Å². The van der Waals surface area contributed by atoms with Crippen molar-refractivity contribution in [1.29, 1.82) is 0 Å². The summed E-state index contributed by atoms with van der Waals surface area (Å²) in [5.41, 5.74) is -1.25. The molecule has 0 saturated heterocycles. The number of carbonyl (C=O) groups is 1. The summed E-state index contributed by atoms with van der Waals surface area (Å²) in [4.78, 5) is 19.8.